The van der Waals surface area contributed by atoms with E-state index in [1.54, 1.807) is 0 Å². The SMILES string of the molecule is CC1(C)CC(=O)C([C@@H]2c3ccccc3O[C@H]3CC(C)(C)CC(=O)[C@H]32)=C(O)C1. The van der Waals surface area contributed by atoms with E-state index >= 15 is 0 Å². The Morgan fingerprint density at radius 1 is 1.00 bits per heavy atom. The topological polar surface area (TPSA) is 63.6 Å². The van der Waals surface area contributed by atoms with E-state index in [0.717, 1.165) is 17.7 Å². The summed E-state index contributed by atoms with van der Waals surface area (Å²) in [5.41, 5.74) is 0.909. The monoisotopic (exact) mass is 368 g/mol. The quantitative estimate of drug-likeness (QED) is 0.778. The second-order valence-corrected chi connectivity index (χ2v) is 10.0. The average molecular weight is 368 g/mol. The van der Waals surface area contributed by atoms with E-state index in [9.17, 15) is 14.7 Å². The standard InChI is InChI=1S/C23H28O4/c1-22(2)9-14(24)20(15(25)10-22)19-13-7-5-6-8-17(13)27-18-12-23(3,4)11-16(26)21(18)19/h5-8,18-19,21,24H,9-12H2,1-4H3/t18-,19-,21+/m0/s1. The summed E-state index contributed by atoms with van der Waals surface area (Å²) >= 11 is 0. The van der Waals surface area contributed by atoms with Crippen LogP contribution in [0.1, 0.15) is 64.9 Å². The van der Waals surface area contributed by atoms with Crippen molar-refractivity contribution in [3.8, 4) is 5.75 Å². The van der Waals surface area contributed by atoms with Crippen molar-refractivity contribution in [2.45, 2.75) is 65.4 Å². The van der Waals surface area contributed by atoms with E-state index in [1.165, 1.54) is 0 Å². The number of ether oxygens (including phenoxy) is 1. The molecule has 1 aromatic carbocycles. The van der Waals surface area contributed by atoms with E-state index in [2.05, 4.69) is 13.8 Å². The molecule has 3 atom stereocenters. The van der Waals surface area contributed by atoms with Crippen LogP contribution < -0.4 is 4.74 Å². The van der Waals surface area contributed by atoms with E-state index in [0.29, 0.717) is 24.8 Å². The minimum absolute atomic E-state index is 0.0400. The number of carbonyl (C=O) groups excluding carboxylic acids is 2. The van der Waals surface area contributed by atoms with Gasteiger partial charge < -0.3 is 9.84 Å². The highest BCUT2D eigenvalue weighted by Crippen LogP contribution is 2.53. The van der Waals surface area contributed by atoms with Gasteiger partial charge in [-0.1, -0.05) is 45.9 Å². The molecular weight excluding hydrogens is 340 g/mol. The van der Waals surface area contributed by atoms with Crippen molar-refractivity contribution in [1.82, 2.24) is 0 Å². The fourth-order valence-electron chi connectivity index (χ4n) is 5.25. The van der Waals surface area contributed by atoms with Crippen molar-refractivity contribution in [3.63, 3.8) is 0 Å². The zero-order valence-corrected chi connectivity index (χ0v) is 16.5. The van der Waals surface area contributed by atoms with Gasteiger partial charge >= 0.3 is 0 Å². The molecule has 0 radical (unpaired) electrons. The number of aliphatic hydroxyl groups excluding tert-OH is 1. The third kappa shape index (κ3) is 3.09. The molecule has 4 nitrogen and oxygen atoms in total. The van der Waals surface area contributed by atoms with Gasteiger partial charge in [-0.15, -0.1) is 0 Å². The molecule has 0 saturated heterocycles. The van der Waals surface area contributed by atoms with E-state index in [1.807, 2.05) is 38.1 Å². The maximum Gasteiger partial charge on any atom is 0.163 e. The van der Waals surface area contributed by atoms with Crippen LogP contribution in [0.4, 0.5) is 0 Å². The van der Waals surface area contributed by atoms with Gasteiger partial charge in [0.15, 0.2) is 5.78 Å². The molecule has 1 saturated carbocycles. The first kappa shape index (κ1) is 18.3. The highest BCUT2D eigenvalue weighted by atomic mass is 16.5. The summed E-state index contributed by atoms with van der Waals surface area (Å²) in [5, 5.41) is 10.8. The number of hydrogen-bond donors (Lipinski definition) is 1. The van der Waals surface area contributed by atoms with Crippen molar-refractivity contribution in [2.24, 2.45) is 16.7 Å². The van der Waals surface area contributed by atoms with Gasteiger partial charge in [-0.05, 0) is 23.3 Å². The average Bonchev–Trinajstić information content (AvgIpc) is 2.50. The molecule has 3 aliphatic rings. The highest BCUT2D eigenvalue weighted by molar-refractivity contribution is 6.00. The number of benzene rings is 1. The number of fused-ring (bicyclic) bond motifs is 2. The molecule has 0 bridgehead atoms. The number of rotatable bonds is 1. The zero-order chi connectivity index (χ0) is 19.6. The van der Waals surface area contributed by atoms with Crippen LogP contribution in [0.15, 0.2) is 35.6 Å². The molecule has 1 aliphatic heterocycles. The van der Waals surface area contributed by atoms with Crippen molar-refractivity contribution < 1.29 is 19.4 Å². The Labute approximate surface area is 160 Å². The second-order valence-electron chi connectivity index (χ2n) is 10.0. The molecule has 1 aromatic rings. The Bertz CT molecular complexity index is 846. The van der Waals surface area contributed by atoms with Crippen LogP contribution in [0.5, 0.6) is 5.75 Å². The van der Waals surface area contributed by atoms with E-state index < -0.39 is 11.8 Å². The molecule has 0 unspecified atom stereocenters. The van der Waals surface area contributed by atoms with Crippen LogP contribution in [0.3, 0.4) is 0 Å². The predicted molar refractivity (Wildman–Crippen MR) is 103 cm³/mol. The number of carbonyl (C=O) groups is 2. The Morgan fingerprint density at radius 3 is 2.41 bits per heavy atom. The first-order chi connectivity index (χ1) is 12.6. The van der Waals surface area contributed by atoms with Crippen LogP contribution in [0.2, 0.25) is 0 Å². The fourth-order valence-corrected chi connectivity index (χ4v) is 5.25. The van der Waals surface area contributed by atoms with Gasteiger partial charge in [0.1, 0.15) is 23.4 Å². The summed E-state index contributed by atoms with van der Waals surface area (Å²) in [7, 11) is 0. The summed E-state index contributed by atoms with van der Waals surface area (Å²) < 4.78 is 6.24. The zero-order valence-electron chi connectivity index (χ0n) is 16.5. The van der Waals surface area contributed by atoms with Crippen LogP contribution in [-0.4, -0.2) is 22.8 Å². The molecule has 0 amide bonds. The first-order valence-electron chi connectivity index (χ1n) is 9.81. The van der Waals surface area contributed by atoms with Gasteiger partial charge in [0.05, 0.1) is 5.92 Å². The van der Waals surface area contributed by atoms with Gasteiger partial charge in [0, 0.05) is 36.3 Å². The molecule has 4 rings (SSSR count). The van der Waals surface area contributed by atoms with Gasteiger partial charge in [0.2, 0.25) is 0 Å². The molecule has 1 heterocycles. The predicted octanol–water partition coefficient (Wildman–Crippen LogP) is 4.74. The van der Waals surface area contributed by atoms with Crippen molar-refractivity contribution in [2.75, 3.05) is 0 Å². The minimum Gasteiger partial charge on any atom is -0.512 e. The van der Waals surface area contributed by atoms with E-state index in [4.69, 9.17) is 4.74 Å². The number of para-hydroxylation sites is 1. The van der Waals surface area contributed by atoms with Crippen LogP contribution in [0, 0.1) is 16.7 Å². The summed E-state index contributed by atoms with van der Waals surface area (Å²) in [6, 6.07) is 7.64. The lowest BCUT2D eigenvalue weighted by Gasteiger charge is -2.47. The Morgan fingerprint density at radius 2 is 1.70 bits per heavy atom. The molecule has 4 heteroatoms. The number of hydrogen-bond acceptors (Lipinski definition) is 4. The minimum atomic E-state index is -0.410. The van der Waals surface area contributed by atoms with Crippen LogP contribution >= 0.6 is 0 Å². The highest BCUT2D eigenvalue weighted by Gasteiger charge is 2.52. The second kappa shape index (κ2) is 5.95. The third-order valence-electron chi connectivity index (χ3n) is 6.28. The van der Waals surface area contributed by atoms with Crippen molar-refractivity contribution in [3.05, 3.63) is 41.2 Å². The lowest BCUT2D eigenvalue weighted by Crippen LogP contribution is -2.50. The summed E-state index contributed by atoms with van der Waals surface area (Å²) in [6.45, 7) is 8.16. The molecule has 144 valence electrons. The summed E-state index contributed by atoms with van der Waals surface area (Å²) in [5.74, 6) is 0.152. The molecule has 2 aliphatic carbocycles. The molecule has 1 fully saturated rings. The smallest absolute Gasteiger partial charge is 0.163 e. The molecule has 0 aromatic heterocycles. The molecule has 27 heavy (non-hydrogen) atoms. The van der Waals surface area contributed by atoms with Gasteiger partial charge in [-0.2, -0.15) is 0 Å². The lowest BCUT2D eigenvalue weighted by molar-refractivity contribution is -0.135. The largest absolute Gasteiger partial charge is 0.512 e. The number of aliphatic hydroxyl groups is 1. The van der Waals surface area contributed by atoms with E-state index in [-0.39, 0.29) is 34.3 Å². The van der Waals surface area contributed by atoms with Crippen molar-refractivity contribution >= 4 is 11.6 Å². The number of ketones is 2. The maximum atomic E-state index is 13.2. The normalized spacial score (nSPS) is 31.8. The van der Waals surface area contributed by atoms with Crippen LogP contribution in [-0.2, 0) is 9.59 Å². The third-order valence-corrected chi connectivity index (χ3v) is 6.28. The van der Waals surface area contributed by atoms with Gasteiger partial charge in [-0.3, -0.25) is 9.59 Å². The number of allylic oxidation sites excluding steroid dienone is 2. The fraction of sp³-hybridized carbons (Fsp3) is 0.565. The summed E-state index contributed by atoms with van der Waals surface area (Å²) in [4.78, 5) is 26.2. The summed E-state index contributed by atoms with van der Waals surface area (Å²) in [6.07, 6.45) is 1.84. The molecular formula is C23H28O4. The van der Waals surface area contributed by atoms with Gasteiger partial charge in [0.25, 0.3) is 0 Å². The van der Waals surface area contributed by atoms with Crippen molar-refractivity contribution in [1.29, 1.82) is 0 Å². The Hall–Kier alpha value is -2.10. The lowest BCUT2D eigenvalue weighted by atomic mass is 9.61. The molecule has 0 spiro atoms. The molecule has 1 N–H and O–H groups in total. The Kier molecular flexibility index (Phi) is 4.03. The van der Waals surface area contributed by atoms with Gasteiger partial charge in [-0.25, -0.2) is 0 Å². The maximum absolute atomic E-state index is 13.2. The van der Waals surface area contributed by atoms with Crippen LogP contribution in [0.25, 0.3) is 0 Å². The Balaban J connectivity index is 1.87. The number of Topliss-reactive ketones (excluding diaryl/α,β-unsaturated/α-hetero) is 2. The first-order valence-corrected chi connectivity index (χ1v) is 9.81.